The molecule has 14 heteroatoms. The van der Waals surface area contributed by atoms with Crippen LogP contribution in [0.25, 0.3) is 44.7 Å². The zero-order valence-electron chi connectivity index (χ0n) is 35.2. The number of H-pyrrole nitrogens is 2. The number of imidazole rings is 2. The Morgan fingerprint density at radius 3 is 2.42 bits per heavy atom. The first-order valence-electron chi connectivity index (χ1n) is 20.9. The first kappa shape index (κ1) is 39.8. The smallest absolute Gasteiger partial charge is 0.410 e. The Balaban J connectivity index is 1.05. The average Bonchev–Trinajstić information content (AvgIpc) is 3.75. The fourth-order valence-corrected chi connectivity index (χ4v) is 9.42. The van der Waals surface area contributed by atoms with Gasteiger partial charge in [-0.2, -0.15) is 0 Å². The molecule has 1 saturated carbocycles. The van der Waals surface area contributed by atoms with E-state index in [1.807, 2.05) is 72.9 Å². The maximum Gasteiger partial charge on any atom is 0.410 e. The highest BCUT2D eigenvalue weighted by molar-refractivity contribution is 7.12. The van der Waals surface area contributed by atoms with Crippen LogP contribution in [-0.2, 0) is 16.0 Å². The number of carbonyl (C=O) groups excluding carboxylic acids is 2. The average molecular weight is 834 g/mol. The summed E-state index contributed by atoms with van der Waals surface area (Å²) in [5, 5.41) is 0.929. The highest BCUT2D eigenvalue weighted by Crippen LogP contribution is 2.50. The van der Waals surface area contributed by atoms with Gasteiger partial charge in [-0.3, -0.25) is 9.47 Å². The molecular formula is C46H52FN7O5S. The number of carbonyl (C=O) groups is 2. The Morgan fingerprint density at radius 2 is 1.67 bits per heavy atom. The van der Waals surface area contributed by atoms with Crippen LogP contribution in [0.2, 0.25) is 0 Å². The molecule has 2 unspecified atom stereocenters. The van der Waals surface area contributed by atoms with Crippen LogP contribution in [0.5, 0.6) is 5.75 Å². The number of ether oxygens (including phenoxy) is 3. The minimum atomic E-state index is -0.625. The van der Waals surface area contributed by atoms with Crippen LogP contribution in [0.4, 0.5) is 14.0 Å². The highest BCUT2D eigenvalue weighted by atomic mass is 32.1. The third-order valence-corrected chi connectivity index (χ3v) is 12.3. The molecule has 314 valence electrons. The molecule has 1 saturated heterocycles. The summed E-state index contributed by atoms with van der Waals surface area (Å²) in [4.78, 5) is 47.9. The molecule has 1 aliphatic carbocycles. The molecule has 2 aromatic carbocycles. The topological polar surface area (TPSA) is 131 Å². The molecule has 6 heterocycles. The third kappa shape index (κ3) is 7.89. The number of halogens is 1. The van der Waals surface area contributed by atoms with Crippen molar-refractivity contribution in [3.63, 3.8) is 0 Å². The van der Waals surface area contributed by atoms with Gasteiger partial charge < -0.3 is 29.1 Å². The normalized spacial score (nSPS) is 17.7. The molecule has 9 rings (SSSR count). The monoisotopic (exact) mass is 833 g/mol. The summed E-state index contributed by atoms with van der Waals surface area (Å²) >= 11 is 1.75. The highest BCUT2D eigenvalue weighted by Gasteiger charge is 2.36. The Morgan fingerprint density at radius 1 is 0.917 bits per heavy atom. The summed E-state index contributed by atoms with van der Waals surface area (Å²) in [6.45, 7) is 14.5. The fraction of sp³-hybridized carbons (Fsp3) is 0.435. The fourth-order valence-electron chi connectivity index (χ4n) is 8.22. The summed E-state index contributed by atoms with van der Waals surface area (Å²) < 4.78 is 37.0. The number of likely N-dealkylation sites (tertiary alicyclic amines) is 1. The van der Waals surface area contributed by atoms with Crippen molar-refractivity contribution in [3.05, 3.63) is 88.1 Å². The van der Waals surface area contributed by atoms with Crippen LogP contribution < -0.4 is 4.74 Å². The number of nitrogens with one attached hydrogen (secondary N) is 2. The molecule has 0 radical (unpaired) electrons. The number of hydrogen-bond acceptors (Lipinski definition) is 8. The molecule has 2 fully saturated rings. The standard InChI is InChI=1S/C46H52FN7O5S/c1-8-17-52(43(55)58-45(2,3)4)25-39-48-23-32(50-39)28-20-30(47)40-35-21-29-19-27(31-24-49-41(51-31)34-10-9-18-53(34)44(56)59-46(5,6)7)13-14-33(29)54(35)42(57-36(40)22-28)38-16-15-37(60-38)26-11-12-26/h13-16,19-24,26,34,42H,8-12,17-18,25H2,1-7H3,(H,48,50)(H,49,51). The van der Waals surface area contributed by atoms with Crippen LogP contribution in [0, 0.1) is 5.82 Å². The number of nitrogens with zero attached hydrogens (tertiary/aromatic N) is 5. The number of rotatable bonds is 9. The summed E-state index contributed by atoms with van der Waals surface area (Å²) in [7, 11) is 0. The number of hydrogen-bond donors (Lipinski definition) is 2. The number of benzene rings is 2. The first-order chi connectivity index (χ1) is 28.6. The summed E-state index contributed by atoms with van der Waals surface area (Å²) in [6.07, 6.45) is 7.02. The lowest BCUT2D eigenvalue weighted by Crippen LogP contribution is -2.37. The number of aromatic amines is 2. The zero-order valence-corrected chi connectivity index (χ0v) is 36.0. The van der Waals surface area contributed by atoms with Gasteiger partial charge in [-0.1, -0.05) is 13.0 Å². The number of fused-ring (bicyclic) bond motifs is 5. The van der Waals surface area contributed by atoms with Gasteiger partial charge in [0.1, 0.15) is 34.4 Å². The van der Waals surface area contributed by atoms with E-state index in [9.17, 15) is 9.59 Å². The van der Waals surface area contributed by atoms with Crippen LogP contribution in [0.15, 0.2) is 60.9 Å². The zero-order chi connectivity index (χ0) is 42.1. The lowest BCUT2D eigenvalue weighted by atomic mass is 10.0. The van der Waals surface area contributed by atoms with Crippen LogP contribution >= 0.6 is 11.3 Å². The van der Waals surface area contributed by atoms with Gasteiger partial charge in [0.25, 0.3) is 0 Å². The van der Waals surface area contributed by atoms with E-state index in [0.717, 1.165) is 57.8 Å². The lowest BCUT2D eigenvalue weighted by molar-refractivity contribution is 0.0212. The van der Waals surface area contributed by atoms with Crippen molar-refractivity contribution in [2.45, 2.75) is 117 Å². The molecule has 2 N–H and O–H groups in total. The minimum Gasteiger partial charge on any atom is -0.464 e. The third-order valence-electron chi connectivity index (χ3n) is 11.0. The van der Waals surface area contributed by atoms with Crippen molar-refractivity contribution in [1.29, 1.82) is 0 Å². The predicted molar refractivity (Wildman–Crippen MR) is 229 cm³/mol. The number of thiophene rings is 1. The van der Waals surface area contributed by atoms with E-state index >= 15 is 4.39 Å². The van der Waals surface area contributed by atoms with Crippen molar-refractivity contribution in [3.8, 4) is 39.5 Å². The van der Waals surface area contributed by atoms with Gasteiger partial charge >= 0.3 is 12.2 Å². The molecule has 6 aromatic rings. The van der Waals surface area contributed by atoms with E-state index in [1.54, 1.807) is 27.3 Å². The maximum absolute atomic E-state index is 16.7. The van der Waals surface area contributed by atoms with E-state index in [4.69, 9.17) is 19.2 Å². The quantitative estimate of drug-likeness (QED) is 0.148. The van der Waals surface area contributed by atoms with Crippen LogP contribution in [0.1, 0.15) is 120 Å². The Bertz CT molecular complexity index is 2590. The van der Waals surface area contributed by atoms with E-state index in [0.29, 0.717) is 47.4 Å². The molecule has 2 aliphatic heterocycles. The van der Waals surface area contributed by atoms with E-state index < -0.39 is 29.3 Å². The summed E-state index contributed by atoms with van der Waals surface area (Å²) in [6, 6.07) is 15.8. The lowest BCUT2D eigenvalue weighted by Gasteiger charge is -2.30. The predicted octanol–water partition coefficient (Wildman–Crippen LogP) is 11.3. The van der Waals surface area contributed by atoms with Crippen molar-refractivity contribution in [2.75, 3.05) is 13.1 Å². The van der Waals surface area contributed by atoms with Crippen molar-refractivity contribution >= 4 is 34.4 Å². The second kappa shape index (κ2) is 15.1. The van der Waals surface area contributed by atoms with Gasteiger partial charge in [0.2, 0.25) is 6.23 Å². The molecule has 3 aliphatic rings. The molecule has 0 spiro atoms. The van der Waals surface area contributed by atoms with Crippen LogP contribution in [-0.4, -0.2) is 70.8 Å². The second-order valence-corrected chi connectivity index (χ2v) is 19.3. The number of amides is 2. The number of aromatic nitrogens is 5. The van der Waals surface area contributed by atoms with Crippen molar-refractivity contribution in [2.24, 2.45) is 0 Å². The van der Waals surface area contributed by atoms with Crippen molar-refractivity contribution < 1.29 is 28.2 Å². The summed E-state index contributed by atoms with van der Waals surface area (Å²) in [5.41, 5.74) is 3.76. The van der Waals surface area contributed by atoms with Gasteiger partial charge in [-0.15, -0.1) is 11.3 Å². The van der Waals surface area contributed by atoms with Gasteiger partial charge in [-0.25, -0.2) is 23.9 Å². The molecule has 12 nitrogen and oxygen atoms in total. The van der Waals surface area contributed by atoms with Gasteiger partial charge in [0.05, 0.1) is 58.0 Å². The molecular weight excluding hydrogens is 782 g/mol. The molecule has 4 aromatic heterocycles. The van der Waals surface area contributed by atoms with Crippen LogP contribution in [0.3, 0.4) is 0 Å². The van der Waals surface area contributed by atoms with Crippen molar-refractivity contribution in [1.82, 2.24) is 34.3 Å². The Labute approximate surface area is 353 Å². The Hall–Kier alpha value is -5.63. The first-order valence-corrected chi connectivity index (χ1v) is 21.8. The van der Waals surface area contributed by atoms with E-state index in [2.05, 4.69) is 43.8 Å². The SMILES string of the molecule is CCCN(Cc1ncc(-c2cc(F)c3c(c2)OC(c2ccc(C4CC4)s2)n2c-3cc3cc(-c4cnc(C5CCCN5C(=O)OC(C)(C)C)[nH]4)ccc32)[nH]1)C(=O)OC(C)(C)C. The molecule has 2 amide bonds. The van der Waals surface area contributed by atoms with Gasteiger partial charge in [-0.05, 0) is 122 Å². The summed E-state index contributed by atoms with van der Waals surface area (Å²) in [5.74, 6) is 1.90. The minimum absolute atomic E-state index is 0.200. The maximum atomic E-state index is 16.7. The largest absolute Gasteiger partial charge is 0.464 e. The van der Waals surface area contributed by atoms with Gasteiger partial charge in [0, 0.05) is 34.5 Å². The van der Waals surface area contributed by atoms with E-state index in [1.165, 1.54) is 23.8 Å². The van der Waals surface area contributed by atoms with Gasteiger partial charge in [0.15, 0.2) is 0 Å². The molecule has 60 heavy (non-hydrogen) atoms. The second-order valence-electron chi connectivity index (χ2n) is 18.1. The Kier molecular flexibility index (Phi) is 10.0. The molecule has 0 bridgehead atoms. The van der Waals surface area contributed by atoms with E-state index in [-0.39, 0.29) is 18.7 Å². The molecule has 2 atom stereocenters.